The molecule has 0 saturated carbocycles. The van der Waals surface area contributed by atoms with E-state index in [1.54, 1.807) is 0 Å². The van der Waals surface area contributed by atoms with Crippen LogP contribution < -0.4 is 0 Å². The summed E-state index contributed by atoms with van der Waals surface area (Å²) >= 11 is 0. The lowest BCUT2D eigenvalue weighted by molar-refractivity contribution is -0.133. The molecule has 5 heteroatoms. The SMILES string of the molecule is Cc1ccc(C2CCCN2C(=O)CC2CCS(=O)(=O)C2)cc1. The number of aryl methyl sites for hydroxylation is 1. The van der Waals surface area contributed by atoms with Crippen molar-refractivity contribution in [1.82, 2.24) is 4.90 Å². The van der Waals surface area contributed by atoms with Crippen LogP contribution in [-0.2, 0) is 14.6 Å². The fraction of sp³-hybridized carbons (Fsp3) is 0.588. The van der Waals surface area contributed by atoms with E-state index in [-0.39, 0.29) is 29.4 Å². The van der Waals surface area contributed by atoms with E-state index >= 15 is 0 Å². The molecule has 3 rings (SSSR count). The largest absolute Gasteiger partial charge is 0.336 e. The Hall–Kier alpha value is -1.36. The van der Waals surface area contributed by atoms with E-state index in [1.165, 1.54) is 11.1 Å². The van der Waals surface area contributed by atoms with Crippen LogP contribution in [0.5, 0.6) is 0 Å². The van der Waals surface area contributed by atoms with E-state index in [0.29, 0.717) is 12.8 Å². The van der Waals surface area contributed by atoms with Crippen LogP contribution in [0.4, 0.5) is 0 Å². The van der Waals surface area contributed by atoms with Gasteiger partial charge in [-0.05, 0) is 37.7 Å². The molecule has 0 radical (unpaired) electrons. The van der Waals surface area contributed by atoms with Gasteiger partial charge in [-0.15, -0.1) is 0 Å². The molecule has 2 fully saturated rings. The first-order valence-corrected chi connectivity index (χ1v) is 9.83. The van der Waals surface area contributed by atoms with Gasteiger partial charge in [0.2, 0.25) is 5.91 Å². The molecule has 0 aromatic heterocycles. The fourth-order valence-corrected chi connectivity index (χ4v) is 5.46. The van der Waals surface area contributed by atoms with Gasteiger partial charge in [0.1, 0.15) is 0 Å². The second-order valence-corrected chi connectivity index (χ2v) is 8.86. The quantitative estimate of drug-likeness (QED) is 0.859. The molecule has 22 heavy (non-hydrogen) atoms. The van der Waals surface area contributed by atoms with Gasteiger partial charge in [0.05, 0.1) is 17.5 Å². The number of sulfone groups is 1. The lowest BCUT2D eigenvalue weighted by Gasteiger charge is -2.26. The zero-order chi connectivity index (χ0) is 15.7. The molecule has 2 heterocycles. The van der Waals surface area contributed by atoms with Crippen LogP contribution in [-0.4, -0.2) is 37.3 Å². The lowest BCUT2D eigenvalue weighted by atomic mass is 10.0. The third kappa shape index (κ3) is 3.35. The third-order valence-electron chi connectivity index (χ3n) is 4.83. The molecule has 1 aromatic rings. The molecule has 0 bridgehead atoms. The fourth-order valence-electron chi connectivity index (χ4n) is 3.60. The van der Waals surface area contributed by atoms with E-state index in [4.69, 9.17) is 0 Å². The number of carbonyl (C=O) groups excluding carboxylic acids is 1. The van der Waals surface area contributed by atoms with Gasteiger partial charge in [-0.3, -0.25) is 4.79 Å². The number of carbonyl (C=O) groups is 1. The van der Waals surface area contributed by atoms with Gasteiger partial charge in [-0.1, -0.05) is 29.8 Å². The summed E-state index contributed by atoms with van der Waals surface area (Å²) in [4.78, 5) is 14.5. The van der Waals surface area contributed by atoms with E-state index in [0.717, 1.165) is 19.4 Å². The number of rotatable bonds is 3. The summed E-state index contributed by atoms with van der Waals surface area (Å²) in [5, 5.41) is 0. The molecule has 0 spiro atoms. The highest BCUT2D eigenvalue weighted by Gasteiger charge is 2.34. The molecule has 0 aliphatic carbocycles. The smallest absolute Gasteiger partial charge is 0.223 e. The predicted octanol–water partition coefficient (Wildman–Crippen LogP) is 2.48. The normalized spacial score (nSPS) is 27.2. The lowest BCUT2D eigenvalue weighted by Crippen LogP contribution is -2.32. The molecule has 2 aliphatic rings. The van der Waals surface area contributed by atoms with Crippen molar-refractivity contribution < 1.29 is 13.2 Å². The highest BCUT2D eigenvalue weighted by molar-refractivity contribution is 7.91. The summed E-state index contributed by atoms with van der Waals surface area (Å²) < 4.78 is 23.1. The van der Waals surface area contributed by atoms with Crippen molar-refractivity contribution in [3.8, 4) is 0 Å². The molecular formula is C17H23NO3S. The number of hydrogen-bond donors (Lipinski definition) is 0. The van der Waals surface area contributed by atoms with Gasteiger partial charge in [0.15, 0.2) is 9.84 Å². The molecule has 2 aliphatic heterocycles. The standard InChI is InChI=1S/C17H23NO3S/c1-13-4-6-15(7-5-13)16-3-2-9-18(16)17(19)11-14-8-10-22(20,21)12-14/h4-7,14,16H,2-3,8-12H2,1H3. The van der Waals surface area contributed by atoms with Crippen LogP contribution in [0.25, 0.3) is 0 Å². The first kappa shape index (κ1) is 15.5. The Morgan fingerprint density at radius 3 is 2.59 bits per heavy atom. The van der Waals surface area contributed by atoms with Crippen molar-refractivity contribution in [3.05, 3.63) is 35.4 Å². The molecule has 0 N–H and O–H groups in total. The van der Waals surface area contributed by atoms with Crippen LogP contribution >= 0.6 is 0 Å². The van der Waals surface area contributed by atoms with Crippen molar-refractivity contribution in [2.75, 3.05) is 18.1 Å². The number of nitrogens with zero attached hydrogens (tertiary/aromatic N) is 1. The zero-order valence-electron chi connectivity index (χ0n) is 13.0. The Morgan fingerprint density at radius 2 is 1.95 bits per heavy atom. The van der Waals surface area contributed by atoms with Crippen molar-refractivity contribution in [3.63, 3.8) is 0 Å². The maximum absolute atomic E-state index is 12.6. The van der Waals surface area contributed by atoms with Crippen molar-refractivity contribution in [2.45, 2.75) is 38.6 Å². The highest BCUT2D eigenvalue weighted by Crippen LogP contribution is 2.34. The summed E-state index contributed by atoms with van der Waals surface area (Å²) in [7, 11) is -2.91. The minimum Gasteiger partial charge on any atom is -0.336 e. The van der Waals surface area contributed by atoms with Crippen LogP contribution in [0.3, 0.4) is 0 Å². The zero-order valence-corrected chi connectivity index (χ0v) is 13.8. The third-order valence-corrected chi connectivity index (χ3v) is 6.66. The van der Waals surface area contributed by atoms with E-state index in [2.05, 4.69) is 31.2 Å². The summed E-state index contributed by atoms with van der Waals surface area (Å²) in [6, 6.07) is 8.53. The molecule has 120 valence electrons. The van der Waals surface area contributed by atoms with Crippen molar-refractivity contribution in [1.29, 1.82) is 0 Å². The summed E-state index contributed by atoms with van der Waals surface area (Å²) in [5.41, 5.74) is 2.41. The van der Waals surface area contributed by atoms with Gasteiger partial charge in [0, 0.05) is 13.0 Å². The first-order valence-electron chi connectivity index (χ1n) is 8.01. The molecule has 2 unspecified atom stereocenters. The Kier molecular flexibility index (Phi) is 4.26. The average Bonchev–Trinajstić information content (AvgIpc) is 3.06. The molecular weight excluding hydrogens is 298 g/mol. The van der Waals surface area contributed by atoms with Crippen LogP contribution in [0.2, 0.25) is 0 Å². The monoisotopic (exact) mass is 321 g/mol. The van der Waals surface area contributed by atoms with Gasteiger partial charge in [0.25, 0.3) is 0 Å². The summed E-state index contributed by atoms with van der Waals surface area (Å²) in [6.45, 7) is 2.85. The first-order chi connectivity index (χ1) is 10.4. The average molecular weight is 321 g/mol. The van der Waals surface area contributed by atoms with E-state index in [9.17, 15) is 13.2 Å². The molecule has 1 amide bonds. The van der Waals surface area contributed by atoms with Crippen molar-refractivity contribution in [2.24, 2.45) is 5.92 Å². The van der Waals surface area contributed by atoms with E-state index in [1.807, 2.05) is 4.90 Å². The Bertz CT molecular complexity index is 651. The number of benzene rings is 1. The van der Waals surface area contributed by atoms with Gasteiger partial charge in [-0.2, -0.15) is 0 Å². The second kappa shape index (κ2) is 6.03. The van der Waals surface area contributed by atoms with Gasteiger partial charge >= 0.3 is 0 Å². The van der Waals surface area contributed by atoms with Gasteiger partial charge < -0.3 is 4.90 Å². The topological polar surface area (TPSA) is 54.5 Å². The Labute approximate surface area is 132 Å². The number of hydrogen-bond acceptors (Lipinski definition) is 3. The van der Waals surface area contributed by atoms with Crippen molar-refractivity contribution >= 4 is 15.7 Å². The summed E-state index contributed by atoms with van der Waals surface area (Å²) in [5.74, 6) is 0.552. The Balaban J connectivity index is 1.67. The van der Waals surface area contributed by atoms with E-state index < -0.39 is 9.84 Å². The minimum atomic E-state index is -2.91. The minimum absolute atomic E-state index is 0.0109. The summed E-state index contributed by atoms with van der Waals surface area (Å²) in [6.07, 6.45) is 3.03. The van der Waals surface area contributed by atoms with Gasteiger partial charge in [-0.25, -0.2) is 8.42 Å². The Morgan fingerprint density at radius 1 is 1.23 bits per heavy atom. The molecule has 2 atom stereocenters. The predicted molar refractivity (Wildman–Crippen MR) is 86.2 cm³/mol. The van der Waals surface area contributed by atoms with Crippen LogP contribution in [0.15, 0.2) is 24.3 Å². The van der Waals surface area contributed by atoms with Crippen LogP contribution in [0.1, 0.15) is 42.9 Å². The number of amides is 1. The molecule has 4 nitrogen and oxygen atoms in total. The second-order valence-electron chi connectivity index (χ2n) is 6.63. The molecule has 1 aromatic carbocycles. The highest BCUT2D eigenvalue weighted by atomic mass is 32.2. The molecule has 2 saturated heterocycles. The maximum Gasteiger partial charge on any atom is 0.223 e. The van der Waals surface area contributed by atoms with Crippen LogP contribution in [0, 0.1) is 12.8 Å². The maximum atomic E-state index is 12.6. The number of likely N-dealkylation sites (tertiary alicyclic amines) is 1.